The third kappa shape index (κ3) is 3.05. The summed E-state index contributed by atoms with van der Waals surface area (Å²) in [5.41, 5.74) is 3.30. The van der Waals surface area contributed by atoms with Gasteiger partial charge in [0, 0.05) is 44.7 Å². The van der Waals surface area contributed by atoms with Crippen LogP contribution in [0.4, 0.5) is 11.8 Å². The average molecular weight is 327 g/mol. The van der Waals surface area contributed by atoms with Gasteiger partial charge < -0.3 is 19.7 Å². The van der Waals surface area contributed by atoms with E-state index in [1.165, 1.54) is 5.56 Å². The van der Waals surface area contributed by atoms with Gasteiger partial charge in [0.2, 0.25) is 5.95 Å². The number of aromatic nitrogens is 3. The number of fused-ring (bicyclic) bond motifs is 1. The largest absolute Gasteiger partial charge is 0.378 e. The normalized spacial score (nSPS) is 16.8. The molecule has 0 atom stereocenters. The van der Waals surface area contributed by atoms with Crippen molar-refractivity contribution in [2.75, 3.05) is 37.0 Å². The highest BCUT2D eigenvalue weighted by atomic mass is 16.5. The van der Waals surface area contributed by atoms with E-state index < -0.39 is 0 Å². The molecule has 1 N–H and O–H groups in total. The van der Waals surface area contributed by atoms with Crippen molar-refractivity contribution in [3.63, 3.8) is 0 Å². The van der Waals surface area contributed by atoms with Crippen LogP contribution >= 0.6 is 0 Å². The average Bonchev–Trinajstić information content (AvgIpc) is 3.03. The first-order valence-electron chi connectivity index (χ1n) is 8.21. The second-order valence-electron chi connectivity index (χ2n) is 6.09. The number of ether oxygens (including phenoxy) is 2. The molecule has 1 saturated heterocycles. The van der Waals surface area contributed by atoms with Gasteiger partial charge in [-0.15, -0.1) is 0 Å². The van der Waals surface area contributed by atoms with Crippen molar-refractivity contribution in [3.8, 4) is 0 Å². The Labute approximate surface area is 141 Å². The molecule has 4 heterocycles. The van der Waals surface area contributed by atoms with E-state index in [-0.39, 0.29) is 0 Å². The topological polar surface area (TPSA) is 72.4 Å². The molecule has 4 rings (SSSR count). The third-order valence-corrected chi connectivity index (χ3v) is 4.46. The minimum atomic E-state index is 0.292. The molecule has 0 radical (unpaired) electrons. The fourth-order valence-corrected chi connectivity index (χ4v) is 3.00. The number of hydrogen-bond acceptors (Lipinski definition) is 7. The van der Waals surface area contributed by atoms with E-state index in [0.29, 0.717) is 25.3 Å². The Hall–Kier alpha value is -2.25. The standard InChI is InChI=1S/C17H21N5O2/c1-23-13-8-22(9-13)16-14-10-24-11-15(14)20-17(21-16)19-6-4-12-3-2-5-18-7-12/h2-3,5,7,13H,4,6,8-11H2,1H3,(H,19,20,21). The Morgan fingerprint density at radius 3 is 3.04 bits per heavy atom. The maximum atomic E-state index is 5.56. The van der Waals surface area contributed by atoms with Crippen molar-refractivity contribution in [1.82, 2.24) is 15.0 Å². The molecular weight excluding hydrogens is 306 g/mol. The highest BCUT2D eigenvalue weighted by Gasteiger charge is 2.32. The first kappa shape index (κ1) is 15.3. The summed E-state index contributed by atoms with van der Waals surface area (Å²) >= 11 is 0. The van der Waals surface area contributed by atoms with Crippen LogP contribution in [-0.2, 0) is 29.1 Å². The Kier molecular flexibility index (Phi) is 4.27. The predicted molar refractivity (Wildman–Crippen MR) is 90.0 cm³/mol. The molecular formula is C17H21N5O2. The van der Waals surface area contributed by atoms with Gasteiger partial charge in [-0.2, -0.15) is 4.98 Å². The van der Waals surface area contributed by atoms with Crippen molar-refractivity contribution in [2.45, 2.75) is 25.7 Å². The Balaban J connectivity index is 1.45. The van der Waals surface area contributed by atoms with Crippen LogP contribution in [0.15, 0.2) is 24.5 Å². The maximum absolute atomic E-state index is 5.56. The van der Waals surface area contributed by atoms with Gasteiger partial charge in [-0.25, -0.2) is 4.98 Å². The lowest BCUT2D eigenvalue weighted by molar-refractivity contribution is 0.0779. The van der Waals surface area contributed by atoms with Crippen molar-refractivity contribution in [2.24, 2.45) is 0 Å². The molecule has 0 amide bonds. The van der Waals surface area contributed by atoms with Gasteiger partial charge in [0.1, 0.15) is 5.82 Å². The summed E-state index contributed by atoms with van der Waals surface area (Å²) < 4.78 is 10.9. The summed E-state index contributed by atoms with van der Waals surface area (Å²) in [6.07, 6.45) is 4.85. The predicted octanol–water partition coefficient (Wildman–Crippen LogP) is 1.39. The molecule has 0 aromatic carbocycles. The summed E-state index contributed by atoms with van der Waals surface area (Å²) in [6.45, 7) is 3.66. The van der Waals surface area contributed by atoms with Crippen molar-refractivity contribution >= 4 is 11.8 Å². The quantitative estimate of drug-likeness (QED) is 0.859. The van der Waals surface area contributed by atoms with Crippen LogP contribution in [0.1, 0.15) is 16.8 Å². The van der Waals surface area contributed by atoms with Crippen LogP contribution in [-0.4, -0.2) is 47.8 Å². The molecule has 1 fully saturated rings. The van der Waals surface area contributed by atoms with Gasteiger partial charge in [0.25, 0.3) is 0 Å². The van der Waals surface area contributed by atoms with Crippen molar-refractivity contribution < 1.29 is 9.47 Å². The van der Waals surface area contributed by atoms with Gasteiger partial charge in [-0.05, 0) is 18.1 Å². The molecule has 0 unspecified atom stereocenters. The number of pyridine rings is 1. The van der Waals surface area contributed by atoms with Gasteiger partial charge in [-0.3, -0.25) is 4.98 Å². The molecule has 2 aromatic rings. The minimum Gasteiger partial charge on any atom is -0.378 e. The summed E-state index contributed by atoms with van der Waals surface area (Å²) in [4.78, 5) is 15.7. The van der Waals surface area contributed by atoms with Crippen LogP contribution in [0.2, 0.25) is 0 Å². The molecule has 7 nitrogen and oxygen atoms in total. The molecule has 126 valence electrons. The highest BCUT2D eigenvalue weighted by Crippen LogP contribution is 2.31. The molecule has 0 aliphatic carbocycles. The number of anilines is 2. The van der Waals surface area contributed by atoms with Gasteiger partial charge in [0.05, 0.1) is 25.0 Å². The number of hydrogen-bond donors (Lipinski definition) is 1. The van der Waals surface area contributed by atoms with Crippen LogP contribution in [0.5, 0.6) is 0 Å². The highest BCUT2D eigenvalue weighted by molar-refractivity contribution is 5.55. The zero-order valence-corrected chi connectivity index (χ0v) is 13.7. The second kappa shape index (κ2) is 6.70. The van der Waals surface area contributed by atoms with Gasteiger partial charge in [0.15, 0.2) is 0 Å². The molecule has 2 aliphatic rings. The van der Waals surface area contributed by atoms with Crippen LogP contribution in [0.3, 0.4) is 0 Å². The van der Waals surface area contributed by atoms with E-state index in [0.717, 1.165) is 43.1 Å². The minimum absolute atomic E-state index is 0.292. The summed E-state index contributed by atoms with van der Waals surface area (Å²) in [7, 11) is 1.75. The number of rotatable bonds is 6. The van der Waals surface area contributed by atoms with Crippen molar-refractivity contribution in [1.29, 1.82) is 0 Å². The molecule has 2 aliphatic heterocycles. The Morgan fingerprint density at radius 1 is 1.33 bits per heavy atom. The SMILES string of the molecule is COC1CN(c2nc(NCCc3cccnc3)nc3c2COC3)C1. The van der Waals surface area contributed by atoms with Gasteiger partial charge >= 0.3 is 0 Å². The second-order valence-corrected chi connectivity index (χ2v) is 6.09. The maximum Gasteiger partial charge on any atom is 0.224 e. The zero-order valence-electron chi connectivity index (χ0n) is 13.7. The van der Waals surface area contributed by atoms with Gasteiger partial charge in [-0.1, -0.05) is 6.07 Å². The molecule has 0 spiro atoms. The van der Waals surface area contributed by atoms with E-state index in [9.17, 15) is 0 Å². The zero-order chi connectivity index (χ0) is 16.4. The summed E-state index contributed by atoms with van der Waals surface area (Å²) in [6, 6.07) is 4.02. The molecule has 7 heteroatoms. The Bertz CT molecular complexity index is 704. The lowest BCUT2D eigenvalue weighted by Crippen LogP contribution is -2.52. The first-order valence-corrected chi connectivity index (χ1v) is 8.21. The lowest BCUT2D eigenvalue weighted by Gasteiger charge is -2.39. The van der Waals surface area contributed by atoms with Crippen LogP contribution in [0.25, 0.3) is 0 Å². The molecule has 2 aromatic heterocycles. The fraction of sp³-hybridized carbons (Fsp3) is 0.471. The first-order chi connectivity index (χ1) is 11.8. The smallest absolute Gasteiger partial charge is 0.224 e. The molecule has 24 heavy (non-hydrogen) atoms. The Morgan fingerprint density at radius 2 is 2.25 bits per heavy atom. The number of nitrogens with zero attached hydrogens (tertiary/aromatic N) is 4. The van der Waals surface area contributed by atoms with Crippen LogP contribution in [0, 0.1) is 0 Å². The number of nitrogens with one attached hydrogen (secondary N) is 1. The van der Waals surface area contributed by atoms with Crippen LogP contribution < -0.4 is 10.2 Å². The summed E-state index contributed by atoms with van der Waals surface area (Å²) in [5, 5.41) is 3.33. The summed E-state index contributed by atoms with van der Waals surface area (Å²) in [5.74, 6) is 1.65. The van der Waals surface area contributed by atoms with E-state index in [2.05, 4.69) is 26.3 Å². The van der Waals surface area contributed by atoms with E-state index in [1.807, 2.05) is 12.3 Å². The fourth-order valence-electron chi connectivity index (χ4n) is 3.00. The van der Waals surface area contributed by atoms with E-state index in [1.54, 1.807) is 13.3 Å². The van der Waals surface area contributed by atoms with Crippen molar-refractivity contribution in [3.05, 3.63) is 41.3 Å². The monoisotopic (exact) mass is 327 g/mol. The third-order valence-electron chi connectivity index (χ3n) is 4.46. The lowest BCUT2D eigenvalue weighted by atomic mass is 10.1. The number of methoxy groups -OCH3 is 1. The van der Waals surface area contributed by atoms with E-state index >= 15 is 0 Å². The van der Waals surface area contributed by atoms with E-state index in [4.69, 9.17) is 14.5 Å². The molecule has 0 saturated carbocycles. The molecule has 0 bridgehead atoms.